The summed E-state index contributed by atoms with van der Waals surface area (Å²) < 4.78 is 123. The Balaban J connectivity index is 0.000000295. The molecular weight excluding hydrogens is 761 g/mol. The van der Waals surface area contributed by atoms with Crippen LogP contribution in [-0.2, 0) is 59.0 Å². The Labute approximate surface area is 308 Å². The lowest BCUT2D eigenvalue weighted by molar-refractivity contribution is -0.702. The van der Waals surface area contributed by atoms with Crippen molar-refractivity contribution in [3.63, 3.8) is 0 Å². The number of rotatable bonds is 3. The highest BCUT2D eigenvalue weighted by Gasteiger charge is 2.37. The van der Waals surface area contributed by atoms with Crippen LogP contribution in [0, 0.1) is 0 Å². The van der Waals surface area contributed by atoms with E-state index in [9.17, 15) is 26.3 Å². The summed E-state index contributed by atoms with van der Waals surface area (Å²) >= 11 is 0. The van der Waals surface area contributed by atoms with Gasteiger partial charge in [-0.05, 0) is 50.9 Å². The normalized spacial score (nSPS) is 14.4. The van der Waals surface area contributed by atoms with Crippen molar-refractivity contribution in [1.29, 1.82) is 0 Å². The van der Waals surface area contributed by atoms with Gasteiger partial charge in [0.25, 0.3) is 0 Å². The fourth-order valence-corrected chi connectivity index (χ4v) is 6.35. The van der Waals surface area contributed by atoms with Crippen LogP contribution in [0.3, 0.4) is 0 Å². The molecule has 2 aliphatic rings. The highest BCUT2D eigenvalue weighted by molar-refractivity contribution is 7.86. The van der Waals surface area contributed by atoms with E-state index in [1.54, 1.807) is 11.1 Å². The summed E-state index contributed by atoms with van der Waals surface area (Å²) in [6, 6.07) is 22.9. The Morgan fingerprint density at radius 2 is 1.28 bits per heavy atom. The van der Waals surface area contributed by atoms with Gasteiger partial charge in [-0.1, -0.05) is 56.3 Å². The number of halogens is 6. The van der Waals surface area contributed by atoms with Gasteiger partial charge >= 0.3 is 11.0 Å². The summed E-state index contributed by atoms with van der Waals surface area (Å²) in [5, 5.41) is 1.28. The highest BCUT2D eigenvalue weighted by atomic mass is 32.2. The molecule has 0 unspecified atom stereocenters. The van der Waals surface area contributed by atoms with Crippen LogP contribution >= 0.6 is 0 Å². The summed E-state index contributed by atoms with van der Waals surface area (Å²) in [6.45, 7) is 6.59. The molecule has 0 saturated heterocycles. The zero-order valence-electron chi connectivity index (χ0n) is 28.9. The Morgan fingerprint density at radius 3 is 1.83 bits per heavy atom. The molecule has 0 fully saturated rings. The van der Waals surface area contributed by atoms with E-state index in [0.29, 0.717) is 5.92 Å². The quantitative estimate of drug-likeness (QED) is 0.0967. The molecule has 0 spiro atoms. The van der Waals surface area contributed by atoms with Gasteiger partial charge in [-0.15, -0.1) is 0 Å². The molecule has 5 heterocycles. The zero-order chi connectivity index (χ0) is 39.6. The minimum Gasteiger partial charge on any atom is -0.741 e. The number of nitrogens with one attached hydrogen (secondary N) is 1. The average molecular weight is 796 g/mol. The minimum absolute atomic E-state index is 0.535. The summed E-state index contributed by atoms with van der Waals surface area (Å²) in [5.74, 6) is 0.535. The lowest BCUT2D eigenvalue weighted by atomic mass is 9.89. The molecule has 0 saturated carbocycles. The van der Waals surface area contributed by atoms with Crippen LogP contribution in [0.1, 0.15) is 70.1 Å². The Bertz CT molecular complexity index is 2380. The molecule has 0 radical (unpaired) electrons. The number of pyridine rings is 2. The first-order valence-corrected chi connectivity index (χ1v) is 19.4. The molecule has 1 N–H and O–H groups in total. The molecule has 5 aromatic rings. The summed E-state index contributed by atoms with van der Waals surface area (Å²) in [5.41, 5.74) is 2.80. The summed E-state index contributed by atoms with van der Waals surface area (Å²) in [4.78, 5) is 3.47. The predicted octanol–water partition coefficient (Wildman–Crippen LogP) is 6.43. The lowest BCUT2D eigenvalue weighted by Gasteiger charge is -2.13. The number of hydrogen-bond donors (Lipinski definition) is 1. The van der Waals surface area contributed by atoms with E-state index in [1.807, 2.05) is 0 Å². The van der Waals surface area contributed by atoms with Gasteiger partial charge < -0.3 is 14.1 Å². The molecule has 54 heavy (non-hydrogen) atoms. The number of aromatic nitrogens is 3. The molecule has 3 aromatic heterocycles. The number of nitrogens with zero attached hydrogens (tertiary/aromatic N) is 2. The topological polar surface area (TPSA) is 138 Å². The fraction of sp³-hybridized carbons (Fsp3) is 0.297. The second-order valence-corrected chi connectivity index (χ2v) is 15.8. The largest absolute Gasteiger partial charge is 0.741 e. The van der Waals surface area contributed by atoms with Crippen molar-refractivity contribution in [3.05, 3.63) is 130 Å². The van der Waals surface area contributed by atoms with Crippen LogP contribution in [0.4, 0.5) is 26.3 Å². The van der Waals surface area contributed by atoms with Crippen LogP contribution in [0.15, 0.2) is 79.3 Å². The van der Waals surface area contributed by atoms with E-state index in [-0.39, 0.29) is 0 Å². The maximum atomic E-state index is 10.7. The second kappa shape index (κ2) is 15.6. The first-order chi connectivity index (χ1) is 25.1. The van der Waals surface area contributed by atoms with Crippen LogP contribution in [-0.4, -0.2) is 41.9 Å². The maximum Gasteiger partial charge on any atom is 0.485 e. The van der Waals surface area contributed by atoms with Crippen molar-refractivity contribution in [2.75, 3.05) is 0 Å². The summed E-state index contributed by atoms with van der Waals surface area (Å²) in [7, 11) is -12.2. The monoisotopic (exact) mass is 795 g/mol. The molecule has 0 amide bonds. The third-order valence-corrected chi connectivity index (χ3v) is 10.3. The molecular formula is C37H35F6N3O6S2. The van der Waals surface area contributed by atoms with E-state index in [2.05, 4.69) is 119 Å². The number of aromatic amines is 1. The van der Waals surface area contributed by atoms with E-state index in [0.717, 1.165) is 38.8 Å². The highest BCUT2D eigenvalue weighted by Crippen LogP contribution is 2.29. The molecule has 0 aliphatic carbocycles. The number of aryl methyl sites for hydroxylation is 4. The van der Waals surface area contributed by atoms with E-state index < -0.39 is 31.3 Å². The van der Waals surface area contributed by atoms with Crippen LogP contribution in [0.5, 0.6) is 0 Å². The smallest absolute Gasteiger partial charge is 0.485 e. The number of benzene rings is 2. The predicted molar refractivity (Wildman–Crippen MR) is 186 cm³/mol. The number of alkyl halides is 6. The van der Waals surface area contributed by atoms with Crippen molar-refractivity contribution in [3.8, 4) is 0 Å². The van der Waals surface area contributed by atoms with Gasteiger partial charge in [0, 0.05) is 54.2 Å². The van der Waals surface area contributed by atoms with Gasteiger partial charge in [0.05, 0.1) is 12.8 Å². The average Bonchev–Trinajstić information content (AvgIpc) is 3.25. The van der Waals surface area contributed by atoms with Gasteiger partial charge in [0.1, 0.15) is 0 Å². The first kappa shape index (κ1) is 40.6. The van der Waals surface area contributed by atoms with Crippen LogP contribution < -0.4 is 9.13 Å². The van der Waals surface area contributed by atoms with Crippen molar-refractivity contribution < 1.29 is 61.4 Å². The Morgan fingerprint density at radius 1 is 0.722 bits per heavy atom. The van der Waals surface area contributed by atoms with Crippen LogP contribution in [0.25, 0.3) is 23.1 Å². The lowest BCUT2D eigenvalue weighted by Crippen LogP contribution is -2.38. The van der Waals surface area contributed by atoms with Gasteiger partial charge in [-0.2, -0.15) is 26.3 Å². The molecule has 17 heteroatoms. The molecule has 7 rings (SSSR count). The molecule has 0 atom stereocenters. The maximum absolute atomic E-state index is 10.7. The number of H-pyrrole nitrogens is 1. The third-order valence-electron chi connectivity index (χ3n) is 9.20. The molecule has 0 bridgehead atoms. The van der Waals surface area contributed by atoms with E-state index >= 15 is 0 Å². The van der Waals surface area contributed by atoms with E-state index in [1.165, 1.54) is 50.1 Å². The van der Waals surface area contributed by atoms with E-state index in [4.69, 9.17) is 25.9 Å². The molecule has 9 nitrogen and oxygen atoms in total. The number of hydrogen-bond acceptors (Lipinski definition) is 6. The Kier molecular flexibility index (Phi) is 11.8. The van der Waals surface area contributed by atoms with Gasteiger partial charge in [0.2, 0.25) is 0 Å². The van der Waals surface area contributed by atoms with Crippen molar-refractivity contribution in [2.24, 2.45) is 0 Å². The first-order valence-electron chi connectivity index (χ1n) is 16.6. The van der Waals surface area contributed by atoms with Crippen LogP contribution in [0.2, 0.25) is 0 Å². The molecule has 288 valence electrons. The zero-order valence-corrected chi connectivity index (χ0v) is 30.5. The standard InChI is InChI=1S/C35H34N3.2CHF3O3S/c1-24(2)28-10-11-32-29(23-36-35(32)20-28)7-6-25-12-16-38-18-14-27-9-8-26-13-17-37-15-4-3-5-30(37)21-33(26)34(27)22-31(38)19-25;2*2-1(3,4)8(5,6)7/h3-12,15-16,19-20,23-24H,13-14,17-18,21-22H2,1-2H3;2*(H,5,6,7)/q+1;;/p-1. The minimum atomic E-state index is -6.09. The fourth-order valence-electron chi connectivity index (χ4n) is 6.35. The number of fused-ring (bicyclic) bond motifs is 6. The van der Waals surface area contributed by atoms with Crippen molar-refractivity contribution in [1.82, 2.24) is 4.98 Å². The SMILES string of the molecule is CC(C)c1ccc2c(/C=C/c3cc[n+]4c(c3)Cc3c(ccc5c3Cc3cccc[n+]3CC5)CC4)c[nH]c2c1.O=S(=O)([O-])C(F)(F)F.O=S(=O)([O-])C(F)(F)F. The summed E-state index contributed by atoms with van der Waals surface area (Å²) in [6.07, 6.45) is 15.4. The van der Waals surface area contributed by atoms with Gasteiger partial charge in [-0.3, -0.25) is 0 Å². The van der Waals surface area contributed by atoms with Gasteiger partial charge in [0.15, 0.2) is 57.1 Å². The Hall–Kier alpha value is -4.58. The third kappa shape index (κ3) is 9.55. The van der Waals surface area contributed by atoms with Crippen molar-refractivity contribution in [2.45, 2.75) is 69.6 Å². The molecule has 2 aliphatic heterocycles. The second-order valence-electron chi connectivity index (χ2n) is 13.1. The van der Waals surface area contributed by atoms with Crippen molar-refractivity contribution >= 4 is 43.3 Å². The van der Waals surface area contributed by atoms with Gasteiger partial charge in [-0.25, -0.2) is 26.0 Å². The molecule has 2 aromatic carbocycles.